The van der Waals surface area contributed by atoms with Gasteiger partial charge in [0.05, 0.1) is 12.8 Å². The van der Waals surface area contributed by atoms with Crippen molar-refractivity contribution in [2.45, 2.75) is 104 Å². The van der Waals surface area contributed by atoms with E-state index in [2.05, 4.69) is 76.4 Å². The predicted molar refractivity (Wildman–Crippen MR) is 319 cm³/mol. The number of alkyl carbamates (subject to hydrolysis) is 2. The minimum atomic E-state index is -0.835. The summed E-state index contributed by atoms with van der Waals surface area (Å²) in [6.45, 7) is 13.5. The molecule has 0 fully saturated rings. The molecule has 412 valence electrons. The minimum absolute atomic E-state index is 0.0799. The summed E-state index contributed by atoms with van der Waals surface area (Å²) in [5.74, 6) is 18.3. The maximum Gasteiger partial charge on any atom is 0.407 e. The van der Waals surface area contributed by atoms with Crippen LogP contribution in [0, 0.1) is 47.9 Å². The van der Waals surface area contributed by atoms with Gasteiger partial charge in [0.25, 0.3) is 0 Å². The highest BCUT2D eigenvalue weighted by atomic mass is 16.6. The quantitative estimate of drug-likeness (QED) is 0.0459. The summed E-state index contributed by atoms with van der Waals surface area (Å²) >= 11 is 0. The van der Waals surface area contributed by atoms with Crippen molar-refractivity contribution in [3.8, 4) is 47.9 Å². The predicted octanol–water partition coefficient (Wildman–Crippen LogP) is 12.4. The number of carbonyl (C=O) groups excluding carboxylic acids is 2. The zero-order valence-corrected chi connectivity index (χ0v) is 46.3. The maximum absolute atomic E-state index is 11.3. The second kappa shape index (κ2) is 45.6. The van der Waals surface area contributed by atoms with Crippen molar-refractivity contribution in [3.63, 3.8) is 0 Å². The zero-order chi connectivity index (χ0) is 58.0. The van der Waals surface area contributed by atoms with Crippen molar-refractivity contribution in [1.82, 2.24) is 10.6 Å². The van der Waals surface area contributed by atoms with Gasteiger partial charge in [0.1, 0.15) is 11.2 Å². The van der Waals surface area contributed by atoms with Crippen LogP contribution in [0.5, 0.6) is 0 Å². The Bertz CT molecular complexity index is 2670. The molecule has 0 radical (unpaired) electrons. The Morgan fingerprint density at radius 2 is 0.833 bits per heavy atom. The Morgan fingerprint density at radius 1 is 0.487 bits per heavy atom. The van der Waals surface area contributed by atoms with E-state index in [1.54, 1.807) is 0 Å². The van der Waals surface area contributed by atoms with E-state index >= 15 is 0 Å². The van der Waals surface area contributed by atoms with Gasteiger partial charge in [-0.1, -0.05) is 175 Å². The van der Waals surface area contributed by atoms with Crippen molar-refractivity contribution in [3.05, 3.63) is 192 Å². The molecular formula is C66H80N4O8. The van der Waals surface area contributed by atoms with Crippen LogP contribution in [-0.2, 0) is 19.1 Å². The van der Waals surface area contributed by atoms with Crippen molar-refractivity contribution in [2.24, 2.45) is 11.5 Å². The molecule has 0 aromatic heterocycles. The lowest BCUT2D eigenvalue weighted by Crippen LogP contribution is -2.32. The second-order valence-corrected chi connectivity index (χ2v) is 18.1. The van der Waals surface area contributed by atoms with Crippen molar-refractivity contribution >= 4 is 36.3 Å². The number of nitrogens with one attached hydrogen (secondary N) is 2. The molecule has 12 heteroatoms. The topological polar surface area (TPSA) is 203 Å². The summed E-state index contributed by atoms with van der Waals surface area (Å²) in [5, 5.41) is 21.7. The van der Waals surface area contributed by atoms with Gasteiger partial charge in [-0.2, -0.15) is 0 Å². The fourth-order valence-corrected chi connectivity index (χ4v) is 5.26. The van der Waals surface area contributed by atoms with E-state index in [4.69, 9.17) is 37.6 Å². The molecule has 0 unspecified atom stereocenters. The van der Waals surface area contributed by atoms with E-state index < -0.39 is 29.2 Å². The van der Waals surface area contributed by atoms with E-state index in [9.17, 15) is 19.2 Å². The summed E-state index contributed by atoms with van der Waals surface area (Å²) in [6, 6.07) is 49.5. The van der Waals surface area contributed by atoms with Gasteiger partial charge >= 0.3 is 24.1 Å². The smallest absolute Gasteiger partial charge is 0.407 e. The summed E-state index contributed by atoms with van der Waals surface area (Å²) in [4.78, 5) is 42.5. The molecule has 0 bridgehead atoms. The third-order valence-electron chi connectivity index (χ3n) is 8.69. The first-order valence-corrected chi connectivity index (χ1v) is 25.6. The highest BCUT2D eigenvalue weighted by Gasteiger charge is 2.16. The number of hydrogen-bond donors (Lipinski definition) is 6. The molecule has 78 heavy (non-hydrogen) atoms. The average Bonchev–Trinajstić information content (AvgIpc) is 3.41. The molecule has 0 aliphatic carbocycles. The Balaban J connectivity index is 0.000000934. The zero-order valence-electron chi connectivity index (χ0n) is 46.3. The number of carboxylic acid groups (broad SMARTS) is 2. The number of amides is 2. The summed E-state index contributed by atoms with van der Waals surface area (Å²) in [7, 11) is 0. The second-order valence-electron chi connectivity index (χ2n) is 18.1. The number of terminal acetylenes is 1. The summed E-state index contributed by atoms with van der Waals surface area (Å²) in [6.07, 6.45) is 16.3. The molecule has 0 atom stereocenters. The molecule has 5 aromatic rings. The lowest BCUT2D eigenvalue weighted by Gasteiger charge is -2.19. The fraction of sp³-hybridized carbons (Fsp3) is 0.303. The van der Waals surface area contributed by atoms with Crippen LogP contribution < -0.4 is 22.1 Å². The first-order chi connectivity index (χ1) is 37.4. The normalized spacial score (nSPS) is 9.78. The molecule has 0 heterocycles. The Hall–Kier alpha value is -8.78. The van der Waals surface area contributed by atoms with Gasteiger partial charge in [-0.3, -0.25) is 9.59 Å². The lowest BCUT2D eigenvalue weighted by molar-refractivity contribution is -0.137. The Labute approximate surface area is 465 Å². The van der Waals surface area contributed by atoms with Crippen LogP contribution >= 0.6 is 0 Å². The van der Waals surface area contributed by atoms with Crippen LogP contribution in [-0.4, -0.2) is 71.7 Å². The number of carbonyl (C=O) groups is 4. The van der Waals surface area contributed by atoms with Crippen LogP contribution in [0.25, 0.3) is 12.2 Å². The van der Waals surface area contributed by atoms with E-state index in [0.29, 0.717) is 38.9 Å². The van der Waals surface area contributed by atoms with E-state index in [-0.39, 0.29) is 18.9 Å². The van der Waals surface area contributed by atoms with Gasteiger partial charge in [-0.05, 0) is 108 Å². The van der Waals surface area contributed by atoms with Gasteiger partial charge in [0.15, 0.2) is 0 Å². The van der Waals surface area contributed by atoms with Gasteiger partial charge < -0.3 is 41.8 Å². The maximum atomic E-state index is 11.3. The number of aliphatic carboxylic acids is 2. The highest BCUT2D eigenvalue weighted by molar-refractivity contribution is 5.68. The molecule has 0 spiro atoms. The molecule has 12 nitrogen and oxygen atoms in total. The molecule has 0 aliphatic heterocycles. The first kappa shape index (κ1) is 69.2. The van der Waals surface area contributed by atoms with Gasteiger partial charge in [-0.15, -0.1) is 12.3 Å². The van der Waals surface area contributed by atoms with Crippen LogP contribution in [0.2, 0.25) is 0 Å². The molecule has 5 aromatic carbocycles. The highest BCUT2D eigenvalue weighted by Crippen LogP contribution is 2.08. The minimum Gasteiger partial charge on any atom is -0.481 e. The number of ether oxygens (including phenoxy) is 2. The van der Waals surface area contributed by atoms with Crippen LogP contribution in [0.4, 0.5) is 9.59 Å². The summed E-state index contributed by atoms with van der Waals surface area (Å²) < 4.78 is 10.2. The van der Waals surface area contributed by atoms with Crippen LogP contribution in [0.15, 0.2) is 164 Å². The van der Waals surface area contributed by atoms with Crippen molar-refractivity contribution in [2.75, 3.05) is 26.2 Å². The van der Waals surface area contributed by atoms with Gasteiger partial charge in [0.2, 0.25) is 0 Å². The van der Waals surface area contributed by atoms with E-state index in [1.165, 1.54) is 5.56 Å². The van der Waals surface area contributed by atoms with Crippen LogP contribution in [0.3, 0.4) is 0 Å². The largest absolute Gasteiger partial charge is 0.481 e. The fourth-order valence-electron chi connectivity index (χ4n) is 5.26. The van der Waals surface area contributed by atoms with E-state index in [1.807, 2.05) is 193 Å². The molecule has 8 N–H and O–H groups in total. The monoisotopic (exact) mass is 1060 g/mol. The standard InChI is InChI=1S/C15H21NO2.C15H19NO2.C11H10O2.C10H13N.C10H11N.C5H6O2/c2*1-15(2,3)18-14(17)16-12-8-7-11-13-9-5-4-6-10-13;12-11(13)9-5-4-8-10-6-2-1-3-7-10;2*11-9-5-4-8-10-6-2-1-3-7-10;1-2-3-4-5(6)7/h4-7,9-11H,8,12H2,1-3H3,(H,16,17);4-6,9-10H,8,12H2,1-3H3,(H,16,17);1-3,6-7H,5,9H2,(H,12,13);1-4,6-8H,5,9,11H2;1-3,6-7H,5,9,11H2;1H,3-4H2,(H,6,7)/b11-7-;;;8-4-;;. The average molecular weight is 1060 g/mol. The molecular weight excluding hydrogens is 977 g/mol. The first-order valence-electron chi connectivity index (χ1n) is 25.6. The van der Waals surface area contributed by atoms with Crippen molar-refractivity contribution in [1.29, 1.82) is 0 Å². The number of carboxylic acids is 2. The number of hydrogen-bond acceptors (Lipinski definition) is 8. The molecule has 2 amide bonds. The van der Waals surface area contributed by atoms with Crippen molar-refractivity contribution < 1.29 is 38.9 Å². The Kier molecular flexibility index (Phi) is 40.5. The molecule has 0 saturated carbocycles. The van der Waals surface area contributed by atoms with Crippen LogP contribution in [0.1, 0.15) is 121 Å². The Morgan fingerprint density at radius 3 is 1.18 bits per heavy atom. The number of nitrogens with two attached hydrogens (primary N) is 2. The number of rotatable bonds is 14. The molecule has 5 rings (SSSR count). The van der Waals surface area contributed by atoms with Gasteiger partial charge in [-0.25, -0.2) is 9.59 Å². The lowest BCUT2D eigenvalue weighted by atomic mass is 10.2. The number of benzene rings is 5. The summed E-state index contributed by atoms with van der Waals surface area (Å²) in [5.41, 5.74) is 15.1. The van der Waals surface area contributed by atoms with Gasteiger partial charge in [0, 0.05) is 62.0 Å². The third kappa shape index (κ3) is 48.2. The van der Waals surface area contributed by atoms with E-state index in [0.717, 1.165) is 48.1 Å². The third-order valence-corrected chi connectivity index (χ3v) is 8.69. The molecule has 0 aliphatic rings. The SMILES string of the molecule is C#CCCC(=O)O.CC(C)(C)OC(=O)NCC/C=C\c1ccccc1.CC(C)(C)OC(=O)NCCC#Cc1ccccc1.NCC/C=C\c1ccccc1.NCCC#Cc1ccccc1.O=C(O)CCC#Cc1ccccc1. The molecule has 0 saturated heterocycles.